The first-order valence-corrected chi connectivity index (χ1v) is 8.76. The van der Waals surface area contributed by atoms with E-state index in [-0.39, 0.29) is 5.91 Å². The Morgan fingerprint density at radius 2 is 2.05 bits per heavy atom. The maximum atomic E-state index is 12.0. The summed E-state index contributed by atoms with van der Waals surface area (Å²) in [4.78, 5) is 12.0. The van der Waals surface area contributed by atoms with Crippen LogP contribution in [0.5, 0.6) is 0 Å². The lowest BCUT2D eigenvalue weighted by Gasteiger charge is -2.34. The number of primary amides is 1. The van der Waals surface area contributed by atoms with Crippen molar-refractivity contribution in [2.24, 2.45) is 17.6 Å². The lowest BCUT2D eigenvalue weighted by atomic mass is 9.83. The molecule has 4 unspecified atom stereocenters. The molecule has 0 bridgehead atoms. The largest absolute Gasteiger partial charge is 0.378 e. The Kier molecular flexibility index (Phi) is 6.06. The summed E-state index contributed by atoms with van der Waals surface area (Å²) >= 11 is 0. The van der Waals surface area contributed by atoms with Crippen molar-refractivity contribution in [3.8, 4) is 0 Å². The van der Waals surface area contributed by atoms with Gasteiger partial charge in [0.25, 0.3) is 0 Å². The Hall–Kier alpha value is -0.610. The highest BCUT2D eigenvalue weighted by molar-refractivity contribution is 5.85. The molecule has 2 aliphatic carbocycles. The molecule has 4 atom stereocenters. The molecule has 2 aliphatic rings. The van der Waals surface area contributed by atoms with Crippen molar-refractivity contribution in [2.75, 3.05) is 13.2 Å². The van der Waals surface area contributed by atoms with Crippen LogP contribution in [0.2, 0.25) is 0 Å². The van der Waals surface area contributed by atoms with Crippen molar-refractivity contribution in [2.45, 2.75) is 76.9 Å². The first-order valence-electron chi connectivity index (χ1n) is 8.76. The van der Waals surface area contributed by atoms with E-state index in [9.17, 15) is 4.79 Å². The highest BCUT2D eigenvalue weighted by atomic mass is 16.5. The standard InChI is InChI=1S/C17H32N2O2/c1-3-19-17(16(18)20)11-6-8-14(17)10-12-21-15-9-5-4-7-13(15)2/h13-15,19H,3-12H2,1-2H3,(H2,18,20). The second-order valence-corrected chi connectivity index (χ2v) is 6.91. The number of carbonyl (C=O) groups is 1. The maximum absolute atomic E-state index is 12.0. The van der Waals surface area contributed by atoms with Gasteiger partial charge in [-0.1, -0.05) is 33.1 Å². The van der Waals surface area contributed by atoms with Gasteiger partial charge in [-0.25, -0.2) is 0 Å². The van der Waals surface area contributed by atoms with E-state index >= 15 is 0 Å². The van der Waals surface area contributed by atoms with Crippen LogP contribution in [0.25, 0.3) is 0 Å². The number of nitrogens with one attached hydrogen (secondary N) is 1. The van der Waals surface area contributed by atoms with Gasteiger partial charge in [0.05, 0.1) is 6.10 Å². The molecule has 0 heterocycles. The molecule has 0 aromatic heterocycles. The van der Waals surface area contributed by atoms with Crippen LogP contribution in [0.4, 0.5) is 0 Å². The summed E-state index contributed by atoms with van der Waals surface area (Å²) in [6.45, 7) is 5.89. The number of carbonyl (C=O) groups excluding carboxylic acids is 1. The predicted octanol–water partition coefficient (Wildman–Crippen LogP) is 2.61. The number of hydrogen-bond donors (Lipinski definition) is 2. The Balaban J connectivity index is 1.84. The molecule has 0 aromatic rings. The minimum Gasteiger partial charge on any atom is -0.378 e. The van der Waals surface area contributed by atoms with Gasteiger partial charge < -0.3 is 15.8 Å². The average molecular weight is 296 g/mol. The third kappa shape index (κ3) is 3.78. The van der Waals surface area contributed by atoms with Crippen LogP contribution < -0.4 is 11.1 Å². The molecule has 0 aliphatic heterocycles. The molecule has 1 amide bonds. The molecule has 4 heteroatoms. The van der Waals surface area contributed by atoms with Crippen LogP contribution in [-0.2, 0) is 9.53 Å². The van der Waals surface area contributed by atoms with E-state index in [1.807, 2.05) is 6.92 Å². The summed E-state index contributed by atoms with van der Waals surface area (Å²) in [5, 5.41) is 3.37. The van der Waals surface area contributed by atoms with Crippen LogP contribution >= 0.6 is 0 Å². The molecule has 4 nitrogen and oxygen atoms in total. The van der Waals surface area contributed by atoms with Gasteiger partial charge in [-0.3, -0.25) is 4.79 Å². The normalized spacial score (nSPS) is 36.8. The molecule has 0 radical (unpaired) electrons. The molecule has 21 heavy (non-hydrogen) atoms. The fraction of sp³-hybridized carbons (Fsp3) is 0.941. The first-order chi connectivity index (χ1) is 10.1. The van der Waals surface area contributed by atoms with Gasteiger partial charge in [-0.05, 0) is 50.5 Å². The van der Waals surface area contributed by atoms with E-state index in [0.29, 0.717) is 17.9 Å². The molecular formula is C17H32N2O2. The summed E-state index contributed by atoms with van der Waals surface area (Å²) in [5.74, 6) is 0.823. The summed E-state index contributed by atoms with van der Waals surface area (Å²) in [7, 11) is 0. The van der Waals surface area contributed by atoms with E-state index < -0.39 is 5.54 Å². The second kappa shape index (κ2) is 7.59. The summed E-state index contributed by atoms with van der Waals surface area (Å²) < 4.78 is 6.13. The SMILES string of the molecule is CCNC1(C(N)=O)CCCC1CCOC1CCCCC1C. The zero-order valence-electron chi connectivity index (χ0n) is 13.7. The maximum Gasteiger partial charge on any atom is 0.238 e. The van der Waals surface area contributed by atoms with Crippen LogP contribution in [0, 0.1) is 11.8 Å². The average Bonchev–Trinajstić information content (AvgIpc) is 2.86. The fourth-order valence-electron chi connectivity index (χ4n) is 4.32. The van der Waals surface area contributed by atoms with Gasteiger partial charge in [0, 0.05) is 6.61 Å². The third-order valence-electron chi connectivity index (χ3n) is 5.58. The summed E-state index contributed by atoms with van der Waals surface area (Å²) in [6.07, 6.45) is 9.52. The van der Waals surface area contributed by atoms with E-state index in [2.05, 4.69) is 12.2 Å². The van der Waals surface area contributed by atoms with Gasteiger partial charge in [-0.15, -0.1) is 0 Å². The van der Waals surface area contributed by atoms with E-state index in [1.165, 1.54) is 25.7 Å². The lowest BCUT2D eigenvalue weighted by molar-refractivity contribution is -0.126. The molecule has 0 spiro atoms. The first kappa shape index (κ1) is 16.8. The Morgan fingerprint density at radius 1 is 1.29 bits per heavy atom. The number of amides is 1. The van der Waals surface area contributed by atoms with Gasteiger partial charge in [0.1, 0.15) is 5.54 Å². The van der Waals surface area contributed by atoms with Crippen molar-refractivity contribution in [3.63, 3.8) is 0 Å². The Morgan fingerprint density at radius 3 is 2.71 bits per heavy atom. The molecule has 2 saturated carbocycles. The van der Waals surface area contributed by atoms with Gasteiger partial charge in [-0.2, -0.15) is 0 Å². The van der Waals surface area contributed by atoms with Crippen molar-refractivity contribution < 1.29 is 9.53 Å². The highest BCUT2D eigenvalue weighted by Gasteiger charge is 2.46. The van der Waals surface area contributed by atoms with Crippen molar-refractivity contribution in [1.82, 2.24) is 5.32 Å². The minimum atomic E-state index is -0.490. The molecule has 122 valence electrons. The molecule has 0 aromatic carbocycles. The number of rotatable bonds is 7. The van der Waals surface area contributed by atoms with Crippen molar-refractivity contribution in [3.05, 3.63) is 0 Å². The molecule has 2 rings (SSSR count). The Bertz CT molecular complexity index is 348. The summed E-state index contributed by atoms with van der Waals surface area (Å²) in [6, 6.07) is 0. The van der Waals surface area contributed by atoms with Gasteiger partial charge in [0.15, 0.2) is 0 Å². The fourth-order valence-corrected chi connectivity index (χ4v) is 4.32. The van der Waals surface area contributed by atoms with Crippen LogP contribution in [0.15, 0.2) is 0 Å². The third-order valence-corrected chi connectivity index (χ3v) is 5.58. The summed E-state index contributed by atoms with van der Waals surface area (Å²) in [5.41, 5.74) is 5.21. The number of hydrogen-bond acceptors (Lipinski definition) is 3. The number of ether oxygens (including phenoxy) is 1. The van der Waals surface area contributed by atoms with Crippen LogP contribution in [0.3, 0.4) is 0 Å². The smallest absolute Gasteiger partial charge is 0.238 e. The molecule has 3 N–H and O–H groups in total. The topological polar surface area (TPSA) is 64.3 Å². The monoisotopic (exact) mass is 296 g/mol. The zero-order valence-corrected chi connectivity index (χ0v) is 13.7. The number of nitrogens with two attached hydrogens (primary N) is 1. The van der Waals surface area contributed by atoms with E-state index in [4.69, 9.17) is 10.5 Å². The van der Waals surface area contributed by atoms with Crippen LogP contribution in [0.1, 0.15) is 65.2 Å². The minimum absolute atomic E-state index is 0.183. The van der Waals surface area contributed by atoms with Gasteiger partial charge in [0.2, 0.25) is 5.91 Å². The number of likely N-dealkylation sites (N-methyl/N-ethyl adjacent to an activating group) is 1. The molecular weight excluding hydrogens is 264 g/mol. The second-order valence-electron chi connectivity index (χ2n) is 6.91. The Labute approximate surface area is 129 Å². The predicted molar refractivity (Wildman–Crippen MR) is 84.9 cm³/mol. The van der Waals surface area contributed by atoms with Crippen LogP contribution in [-0.4, -0.2) is 30.7 Å². The van der Waals surface area contributed by atoms with Gasteiger partial charge >= 0.3 is 0 Å². The van der Waals surface area contributed by atoms with E-state index in [0.717, 1.165) is 38.8 Å². The van der Waals surface area contributed by atoms with Crippen molar-refractivity contribution >= 4 is 5.91 Å². The quantitative estimate of drug-likeness (QED) is 0.759. The van der Waals surface area contributed by atoms with Crippen molar-refractivity contribution in [1.29, 1.82) is 0 Å². The molecule has 2 fully saturated rings. The molecule has 0 saturated heterocycles. The highest BCUT2D eigenvalue weighted by Crippen LogP contribution is 2.38. The lowest BCUT2D eigenvalue weighted by Crippen LogP contribution is -2.58. The zero-order chi connectivity index (χ0) is 15.3. The van der Waals surface area contributed by atoms with E-state index in [1.54, 1.807) is 0 Å².